The number of hydrogen-bond acceptors (Lipinski definition) is 3. The van der Waals surface area contributed by atoms with Gasteiger partial charge in [0, 0.05) is 31.1 Å². The summed E-state index contributed by atoms with van der Waals surface area (Å²) in [4.78, 5) is 2.28. The van der Waals surface area contributed by atoms with Gasteiger partial charge in [-0.2, -0.15) is 0 Å². The minimum atomic E-state index is -3.42. The van der Waals surface area contributed by atoms with Gasteiger partial charge in [-0.15, -0.1) is 0 Å². The van der Waals surface area contributed by atoms with Gasteiger partial charge >= 0.3 is 0 Å². The molecule has 0 spiro atoms. The molecular formula is C19H22N2O2S. The highest BCUT2D eigenvalue weighted by atomic mass is 32.2. The van der Waals surface area contributed by atoms with Crippen LogP contribution in [0, 0.1) is 0 Å². The number of sulfonamides is 1. The summed E-state index contributed by atoms with van der Waals surface area (Å²) in [6.45, 7) is 2.51. The summed E-state index contributed by atoms with van der Waals surface area (Å²) in [5.74, 6) is 0. The van der Waals surface area contributed by atoms with Crippen molar-refractivity contribution in [3.8, 4) is 0 Å². The molecule has 1 fully saturated rings. The van der Waals surface area contributed by atoms with Crippen molar-refractivity contribution < 1.29 is 8.42 Å². The van der Waals surface area contributed by atoms with E-state index in [1.165, 1.54) is 11.0 Å². The second kappa shape index (κ2) is 7.75. The van der Waals surface area contributed by atoms with Gasteiger partial charge in [-0.05, 0) is 23.6 Å². The zero-order valence-corrected chi connectivity index (χ0v) is 14.3. The molecule has 3 rings (SSSR count). The van der Waals surface area contributed by atoms with Crippen molar-refractivity contribution >= 4 is 16.1 Å². The van der Waals surface area contributed by atoms with Gasteiger partial charge in [-0.1, -0.05) is 60.7 Å². The molecular weight excluding hydrogens is 320 g/mol. The van der Waals surface area contributed by atoms with Crippen molar-refractivity contribution in [2.75, 3.05) is 13.1 Å². The molecule has 0 bridgehead atoms. The SMILES string of the molecule is O=S(=O)(/C=C/c1ccccc1)N[C@@H]1CCN(Cc2ccccc2)C1. The van der Waals surface area contributed by atoms with Crippen LogP contribution in [0.1, 0.15) is 17.5 Å². The van der Waals surface area contributed by atoms with E-state index in [1.807, 2.05) is 48.5 Å². The average molecular weight is 342 g/mol. The summed E-state index contributed by atoms with van der Waals surface area (Å²) < 4.78 is 27.2. The van der Waals surface area contributed by atoms with Gasteiger partial charge in [0.05, 0.1) is 0 Å². The van der Waals surface area contributed by atoms with Crippen LogP contribution in [0.2, 0.25) is 0 Å². The lowest BCUT2D eigenvalue weighted by Crippen LogP contribution is -2.35. The van der Waals surface area contributed by atoms with E-state index >= 15 is 0 Å². The Bertz CT molecular complexity index is 774. The van der Waals surface area contributed by atoms with E-state index in [-0.39, 0.29) is 6.04 Å². The van der Waals surface area contributed by atoms with Crippen molar-refractivity contribution in [1.82, 2.24) is 9.62 Å². The predicted octanol–water partition coefficient (Wildman–Crippen LogP) is 2.85. The lowest BCUT2D eigenvalue weighted by atomic mass is 10.2. The smallest absolute Gasteiger partial charge is 0.234 e. The Kier molecular flexibility index (Phi) is 5.45. The largest absolute Gasteiger partial charge is 0.297 e. The lowest BCUT2D eigenvalue weighted by Gasteiger charge is -2.16. The zero-order valence-electron chi connectivity index (χ0n) is 13.5. The summed E-state index contributed by atoms with van der Waals surface area (Å²) in [7, 11) is -3.42. The maximum Gasteiger partial charge on any atom is 0.234 e. The summed E-state index contributed by atoms with van der Waals surface area (Å²) in [5, 5.41) is 1.25. The fourth-order valence-electron chi connectivity index (χ4n) is 2.92. The first-order chi connectivity index (χ1) is 11.6. The van der Waals surface area contributed by atoms with Gasteiger partial charge in [0.1, 0.15) is 0 Å². The van der Waals surface area contributed by atoms with E-state index in [9.17, 15) is 8.42 Å². The summed E-state index contributed by atoms with van der Waals surface area (Å²) >= 11 is 0. The average Bonchev–Trinajstić information content (AvgIpc) is 3.01. The molecule has 5 heteroatoms. The lowest BCUT2D eigenvalue weighted by molar-refractivity contribution is 0.325. The molecule has 1 heterocycles. The first kappa shape index (κ1) is 16.9. The highest BCUT2D eigenvalue weighted by molar-refractivity contribution is 7.92. The first-order valence-electron chi connectivity index (χ1n) is 8.12. The minimum absolute atomic E-state index is 0.0286. The van der Waals surface area contributed by atoms with Crippen LogP contribution in [0.5, 0.6) is 0 Å². The van der Waals surface area contributed by atoms with Crippen molar-refractivity contribution in [1.29, 1.82) is 0 Å². The van der Waals surface area contributed by atoms with Crippen molar-refractivity contribution in [2.24, 2.45) is 0 Å². The third-order valence-electron chi connectivity index (χ3n) is 4.09. The molecule has 1 aliphatic heterocycles. The number of nitrogens with zero attached hydrogens (tertiary/aromatic N) is 1. The van der Waals surface area contributed by atoms with Crippen LogP contribution >= 0.6 is 0 Å². The molecule has 0 aliphatic carbocycles. The van der Waals surface area contributed by atoms with Crippen LogP contribution in [0.15, 0.2) is 66.1 Å². The van der Waals surface area contributed by atoms with Crippen LogP contribution in [-0.2, 0) is 16.6 Å². The third kappa shape index (κ3) is 5.03. The molecule has 0 unspecified atom stereocenters. The highest BCUT2D eigenvalue weighted by Crippen LogP contribution is 2.14. The molecule has 1 N–H and O–H groups in total. The van der Waals surface area contributed by atoms with Crippen LogP contribution in [0.25, 0.3) is 6.08 Å². The molecule has 1 atom stereocenters. The fourth-order valence-corrected chi connectivity index (χ4v) is 3.99. The highest BCUT2D eigenvalue weighted by Gasteiger charge is 2.25. The van der Waals surface area contributed by atoms with Gasteiger partial charge in [-0.3, -0.25) is 4.90 Å². The third-order valence-corrected chi connectivity index (χ3v) is 5.25. The number of benzene rings is 2. The van der Waals surface area contributed by atoms with Crippen LogP contribution in [0.4, 0.5) is 0 Å². The molecule has 2 aromatic carbocycles. The van der Waals surface area contributed by atoms with Gasteiger partial charge < -0.3 is 0 Å². The Balaban J connectivity index is 1.53. The summed E-state index contributed by atoms with van der Waals surface area (Å²) in [6.07, 6.45) is 2.46. The number of likely N-dealkylation sites (tertiary alicyclic amines) is 1. The van der Waals surface area contributed by atoms with E-state index < -0.39 is 10.0 Å². The van der Waals surface area contributed by atoms with Crippen LogP contribution < -0.4 is 4.72 Å². The Morgan fingerprint density at radius 2 is 1.71 bits per heavy atom. The molecule has 1 saturated heterocycles. The maximum absolute atomic E-state index is 12.2. The van der Waals surface area contributed by atoms with E-state index in [4.69, 9.17) is 0 Å². The second-order valence-electron chi connectivity index (χ2n) is 6.08. The van der Waals surface area contributed by atoms with Crippen molar-refractivity contribution in [2.45, 2.75) is 19.0 Å². The van der Waals surface area contributed by atoms with Gasteiger partial charge in [0.15, 0.2) is 0 Å². The van der Waals surface area contributed by atoms with E-state index in [2.05, 4.69) is 21.8 Å². The quantitative estimate of drug-likeness (QED) is 0.878. The van der Waals surface area contributed by atoms with Crippen molar-refractivity contribution in [3.63, 3.8) is 0 Å². The van der Waals surface area contributed by atoms with E-state index in [0.29, 0.717) is 0 Å². The normalized spacial score (nSPS) is 19.1. The molecule has 2 aromatic rings. The Hall–Kier alpha value is -1.95. The molecule has 0 radical (unpaired) electrons. The monoisotopic (exact) mass is 342 g/mol. The molecule has 0 saturated carbocycles. The summed E-state index contributed by atoms with van der Waals surface area (Å²) in [5.41, 5.74) is 2.13. The van der Waals surface area contributed by atoms with E-state index in [0.717, 1.165) is 31.6 Å². The first-order valence-corrected chi connectivity index (χ1v) is 9.67. The molecule has 4 nitrogen and oxygen atoms in total. The zero-order chi connectivity index (χ0) is 16.8. The Labute approximate surface area is 143 Å². The number of nitrogens with one attached hydrogen (secondary N) is 1. The van der Waals surface area contributed by atoms with Crippen LogP contribution in [-0.4, -0.2) is 32.4 Å². The van der Waals surface area contributed by atoms with Crippen molar-refractivity contribution in [3.05, 3.63) is 77.2 Å². The van der Waals surface area contributed by atoms with Gasteiger partial charge in [0.25, 0.3) is 0 Å². The Morgan fingerprint density at radius 3 is 2.42 bits per heavy atom. The minimum Gasteiger partial charge on any atom is -0.297 e. The fraction of sp³-hybridized carbons (Fsp3) is 0.263. The Morgan fingerprint density at radius 1 is 1.04 bits per heavy atom. The number of rotatable bonds is 6. The van der Waals surface area contributed by atoms with Crippen LogP contribution in [0.3, 0.4) is 0 Å². The second-order valence-corrected chi connectivity index (χ2v) is 7.68. The molecule has 0 aromatic heterocycles. The molecule has 0 amide bonds. The predicted molar refractivity (Wildman–Crippen MR) is 97.7 cm³/mol. The van der Waals surface area contributed by atoms with E-state index in [1.54, 1.807) is 6.08 Å². The molecule has 126 valence electrons. The van der Waals surface area contributed by atoms with Gasteiger partial charge in [-0.25, -0.2) is 13.1 Å². The topological polar surface area (TPSA) is 49.4 Å². The standard InChI is InChI=1S/C19H22N2O2S/c22-24(23,14-12-17-7-3-1-4-8-17)20-19-11-13-21(16-19)15-18-9-5-2-6-10-18/h1-10,12,14,19-20H,11,13,15-16H2/b14-12+/t19-/m1/s1. The maximum atomic E-state index is 12.2. The summed E-state index contributed by atoms with van der Waals surface area (Å²) in [6, 6.07) is 19.7. The number of hydrogen-bond donors (Lipinski definition) is 1. The van der Waals surface area contributed by atoms with Gasteiger partial charge in [0.2, 0.25) is 10.0 Å². The molecule has 24 heavy (non-hydrogen) atoms. The molecule has 1 aliphatic rings.